The van der Waals surface area contributed by atoms with Crippen LogP contribution in [0.1, 0.15) is 24.0 Å². The third-order valence-corrected chi connectivity index (χ3v) is 3.72. The van der Waals surface area contributed by atoms with Gasteiger partial charge < -0.3 is 19.5 Å². The molecule has 6 nitrogen and oxygen atoms in total. The molecule has 0 fully saturated rings. The average molecular weight is 358 g/mol. The maximum Gasteiger partial charge on any atom is 0.220 e. The van der Waals surface area contributed by atoms with E-state index in [1.807, 2.05) is 37.3 Å². The van der Waals surface area contributed by atoms with Crippen LogP contribution in [0, 0.1) is 6.92 Å². The number of carbonyl (C=O) groups excluding carboxylic acids is 1. The minimum atomic E-state index is -0.00111. The first-order chi connectivity index (χ1) is 12.7. The molecular weight excluding hydrogens is 332 g/mol. The van der Waals surface area contributed by atoms with E-state index in [4.69, 9.17) is 14.2 Å². The summed E-state index contributed by atoms with van der Waals surface area (Å²) in [5.41, 5.74) is 2.02. The maximum atomic E-state index is 11.9. The van der Waals surface area contributed by atoms with Crippen LogP contribution in [0.2, 0.25) is 0 Å². The van der Waals surface area contributed by atoms with Gasteiger partial charge in [-0.3, -0.25) is 4.79 Å². The molecule has 26 heavy (non-hydrogen) atoms. The van der Waals surface area contributed by atoms with Crippen LogP contribution in [0.4, 0.5) is 0 Å². The zero-order valence-corrected chi connectivity index (χ0v) is 15.4. The third kappa shape index (κ3) is 7.11. The fourth-order valence-electron chi connectivity index (χ4n) is 2.25. The van der Waals surface area contributed by atoms with Crippen LogP contribution in [0.25, 0.3) is 0 Å². The molecule has 0 aliphatic carbocycles. The molecule has 0 saturated carbocycles. The predicted octanol–water partition coefficient (Wildman–Crippen LogP) is 2.89. The summed E-state index contributed by atoms with van der Waals surface area (Å²) in [6.45, 7) is 3.96. The van der Waals surface area contributed by atoms with Crippen molar-refractivity contribution in [2.45, 2.75) is 26.3 Å². The molecular formula is C20H26N2O4. The number of pyridine rings is 1. The van der Waals surface area contributed by atoms with Gasteiger partial charge in [0.15, 0.2) is 0 Å². The summed E-state index contributed by atoms with van der Waals surface area (Å²) < 4.78 is 16.0. The highest BCUT2D eigenvalue weighted by atomic mass is 16.5. The molecule has 6 heteroatoms. The van der Waals surface area contributed by atoms with Crippen LogP contribution >= 0.6 is 0 Å². The topological polar surface area (TPSA) is 69.7 Å². The lowest BCUT2D eigenvalue weighted by atomic mass is 10.2. The monoisotopic (exact) mass is 358 g/mol. The second kappa shape index (κ2) is 11.1. The summed E-state index contributed by atoms with van der Waals surface area (Å²) in [4.78, 5) is 16.1. The van der Waals surface area contributed by atoms with E-state index < -0.39 is 0 Å². The molecule has 1 N–H and O–H groups in total. The van der Waals surface area contributed by atoms with Crippen LogP contribution in [-0.4, -0.2) is 37.8 Å². The fourth-order valence-corrected chi connectivity index (χ4v) is 2.25. The molecule has 0 bridgehead atoms. The molecule has 0 spiro atoms. The number of aryl methyl sites for hydroxylation is 1. The summed E-state index contributed by atoms with van der Waals surface area (Å²) in [5, 5.41) is 2.89. The third-order valence-electron chi connectivity index (χ3n) is 3.72. The SMILES string of the molecule is COCCOc1ccc(CNC(=O)CCCOc2ccccc2C)cn1. The predicted molar refractivity (Wildman–Crippen MR) is 99.4 cm³/mol. The molecule has 2 aromatic rings. The Hall–Kier alpha value is -2.60. The number of methoxy groups -OCH3 is 1. The Kier molecular flexibility index (Phi) is 8.42. The van der Waals surface area contributed by atoms with Crippen molar-refractivity contribution in [3.63, 3.8) is 0 Å². The number of benzene rings is 1. The highest BCUT2D eigenvalue weighted by Crippen LogP contribution is 2.16. The summed E-state index contributed by atoms with van der Waals surface area (Å²) in [7, 11) is 1.62. The van der Waals surface area contributed by atoms with Crippen LogP contribution in [0.3, 0.4) is 0 Å². The van der Waals surface area contributed by atoms with Crippen molar-refractivity contribution < 1.29 is 19.0 Å². The lowest BCUT2D eigenvalue weighted by Gasteiger charge is -2.09. The van der Waals surface area contributed by atoms with Gasteiger partial charge in [-0.25, -0.2) is 4.98 Å². The van der Waals surface area contributed by atoms with Gasteiger partial charge in [-0.05, 0) is 30.5 Å². The van der Waals surface area contributed by atoms with Crippen LogP contribution in [0.5, 0.6) is 11.6 Å². The summed E-state index contributed by atoms with van der Waals surface area (Å²) in [6, 6.07) is 11.5. The number of amides is 1. The summed E-state index contributed by atoms with van der Waals surface area (Å²) in [5.74, 6) is 1.41. The van der Waals surface area contributed by atoms with Gasteiger partial charge in [-0.2, -0.15) is 0 Å². The Balaban J connectivity index is 1.61. The molecule has 1 heterocycles. The van der Waals surface area contributed by atoms with Crippen molar-refractivity contribution in [3.05, 3.63) is 53.7 Å². The molecule has 0 atom stereocenters. The lowest BCUT2D eigenvalue weighted by Crippen LogP contribution is -2.23. The number of hydrogen-bond donors (Lipinski definition) is 1. The molecule has 1 aromatic heterocycles. The van der Waals surface area contributed by atoms with Gasteiger partial charge in [-0.15, -0.1) is 0 Å². The van der Waals surface area contributed by atoms with E-state index in [1.54, 1.807) is 19.4 Å². The zero-order chi connectivity index (χ0) is 18.6. The summed E-state index contributed by atoms with van der Waals surface area (Å²) in [6.07, 6.45) is 2.80. The number of aromatic nitrogens is 1. The number of nitrogens with one attached hydrogen (secondary N) is 1. The number of nitrogens with zero attached hydrogens (tertiary/aromatic N) is 1. The Labute approximate surface area is 154 Å². The Morgan fingerprint density at radius 3 is 2.65 bits per heavy atom. The first-order valence-corrected chi connectivity index (χ1v) is 8.71. The van der Waals surface area contributed by atoms with Crippen molar-refractivity contribution >= 4 is 5.91 Å². The van der Waals surface area contributed by atoms with E-state index in [0.717, 1.165) is 16.9 Å². The Morgan fingerprint density at radius 2 is 1.92 bits per heavy atom. The Morgan fingerprint density at radius 1 is 1.08 bits per heavy atom. The summed E-state index contributed by atoms with van der Waals surface area (Å²) >= 11 is 0. The van der Waals surface area contributed by atoms with Crippen molar-refractivity contribution in [3.8, 4) is 11.6 Å². The van der Waals surface area contributed by atoms with Gasteiger partial charge >= 0.3 is 0 Å². The number of para-hydroxylation sites is 1. The number of rotatable bonds is 11. The number of hydrogen-bond acceptors (Lipinski definition) is 5. The van der Waals surface area contributed by atoms with Crippen molar-refractivity contribution in [1.82, 2.24) is 10.3 Å². The molecule has 1 amide bonds. The minimum Gasteiger partial charge on any atom is -0.493 e. The molecule has 0 aliphatic rings. The quantitative estimate of drug-likeness (QED) is 0.626. The first-order valence-electron chi connectivity index (χ1n) is 8.71. The van der Waals surface area contributed by atoms with Gasteiger partial charge in [0.25, 0.3) is 0 Å². The first kappa shape index (κ1) is 19.7. The van der Waals surface area contributed by atoms with Crippen molar-refractivity contribution in [2.24, 2.45) is 0 Å². The van der Waals surface area contributed by atoms with Gasteiger partial charge in [0.05, 0.1) is 13.2 Å². The second-order valence-corrected chi connectivity index (χ2v) is 5.84. The smallest absolute Gasteiger partial charge is 0.220 e. The zero-order valence-electron chi connectivity index (χ0n) is 15.4. The van der Waals surface area contributed by atoms with Crippen molar-refractivity contribution in [1.29, 1.82) is 0 Å². The fraction of sp³-hybridized carbons (Fsp3) is 0.400. The van der Waals surface area contributed by atoms with Crippen LogP contribution < -0.4 is 14.8 Å². The van der Waals surface area contributed by atoms with E-state index in [1.165, 1.54) is 0 Å². The molecule has 0 aliphatic heterocycles. The van der Waals surface area contributed by atoms with Crippen molar-refractivity contribution in [2.75, 3.05) is 26.9 Å². The van der Waals surface area contributed by atoms with E-state index in [2.05, 4.69) is 10.3 Å². The van der Waals surface area contributed by atoms with Gasteiger partial charge in [0, 0.05) is 32.3 Å². The molecule has 1 aromatic carbocycles. The highest BCUT2D eigenvalue weighted by molar-refractivity contribution is 5.75. The minimum absolute atomic E-state index is 0.00111. The molecule has 0 unspecified atom stereocenters. The normalized spacial score (nSPS) is 10.4. The maximum absolute atomic E-state index is 11.9. The number of ether oxygens (including phenoxy) is 3. The number of carbonyl (C=O) groups is 1. The van der Waals surface area contributed by atoms with E-state index >= 15 is 0 Å². The van der Waals surface area contributed by atoms with Crippen LogP contribution in [-0.2, 0) is 16.1 Å². The van der Waals surface area contributed by atoms with E-state index in [0.29, 0.717) is 45.1 Å². The van der Waals surface area contributed by atoms with Gasteiger partial charge in [0.2, 0.25) is 11.8 Å². The molecule has 2 rings (SSSR count). The van der Waals surface area contributed by atoms with Gasteiger partial charge in [-0.1, -0.05) is 24.3 Å². The van der Waals surface area contributed by atoms with Crippen LogP contribution in [0.15, 0.2) is 42.6 Å². The molecule has 140 valence electrons. The average Bonchev–Trinajstić information content (AvgIpc) is 2.66. The largest absolute Gasteiger partial charge is 0.493 e. The lowest BCUT2D eigenvalue weighted by molar-refractivity contribution is -0.121. The van der Waals surface area contributed by atoms with E-state index in [-0.39, 0.29) is 5.91 Å². The molecule has 0 radical (unpaired) electrons. The van der Waals surface area contributed by atoms with Gasteiger partial charge in [0.1, 0.15) is 12.4 Å². The molecule has 0 saturated heterocycles. The second-order valence-electron chi connectivity index (χ2n) is 5.84. The highest BCUT2D eigenvalue weighted by Gasteiger charge is 2.04. The standard InChI is InChI=1S/C20H26N2O4/c1-16-6-3-4-7-18(16)25-11-5-8-19(23)21-14-17-9-10-20(22-15-17)26-13-12-24-2/h3-4,6-7,9-10,15H,5,8,11-14H2,1-2H3,(H,21,23). The Bertz CT molecular complexity index is 674. The van der Waals surface area contributed by atoms with E-state index in [9.17, 15) is 4.79 Å².